The van der Waals surface area contributed by atoms with Gasteiger partial charge in [0.15, 0.2) is 5.96 Å². The molecule has 0 saturated carbocycles. The SMILES string of the molecule is CN=C(NCCc1sc(C)nc1C)NC1CCN(c2cccc(F)c2)CC1.I. The van der Waals surface area contributed by atoms with E-state index in [-0.39, 0.29) is 29.8 Å². The lowest BCUT2D eigenvalue weighted by atomic mass is 10.0. The van der Waals surface area contributed by atoms with Gasteiger partial charge in [-0.1, -0.05) is 6.07 Å². The first kappa shape index (κ1) is 22.9. The van der Waals surface area contributed by atoms with E-state index >= 15 is 0 Å². The molecule has 0 unspecified atom stereocenters. The van der Waals surface area contributed by atoms with E-state index in [1.54, 1.807) is 30.5 Å². The molecule has 1 fully saturated rings. The third-order valence-corrected chi connectivity index (χ3v) is 6.01. The number of thiazole rings is 1. The zero-order valence-corrected chi connectivity index (χ0v) is 19.8. The Morgan fingerprint density at radius 3 is 2.68 bits per heavy atom. The third-order valence-electron chi connectivity index (χ3n) is 4.88. The van der Waals surface area contributed by atoms with Gasteiger partial charge in [0.2, 0.25) is 0 Å². The minimum absolute atomic E-state index is 0. The number of hydrogen-bond acceptors (Lipinski definition) is 4. The van der Waals surface area contributed by atoms with Gasteiger partial charge in [0.05, 0.1) is 10.7 Å². The van der Waals surface area contributed by atoms with Gasteiger partial charge in [0.1, 0.15) is 5.82 Å². The van der Waals surface area contributed by atoms with Crippen molar-refractivity contribution in [2.75, 3.05) is 31.6 Å². The van der Waals surface area contributed by atoms with Crippen molar-refractivity contribution in [1.82, 2.24) is 15.6 Å². The summed E-state index contributed by atoms with van der Waals surface area (Å²) in [7, 11) is 1.80. The lowest BCUT2D eigenvalue weighted by Crippen LogP contribution is -2.49. The summed E-state index contributed by atoms with van der Waals surface area (Å²) in [5.74, 6) is 0.668. The number of halogens is 2. The maximum absolute atomic E-state index is 13.4. The standard InChI is InChI=1S/C20H28FN5S.HI/c1-14-19(27-15(2)24-14)7-10-23-20(22-3)25-17-8-11-26(12-9-17)18-6-4-5-16(21)13-18;/h4-6,13,17H,7-12H2,1-3H3,(H2,22,23,25);1H. The number of guanidine groups is 1. The van der Waals surface area contributed by atoms with Gasteiger partial charge in [-0.25, -0.2) is 9.37 Å². The van der Waals surface area contributed by atoms with Crippen LogP contribution in [-0.2, 0) is 6.42 Å². The highest BCUT2D eigenvalue weighted by Crippen LogP contribution is 2.21. The highest BCUT2D eigenvalue weighted by atomic mass is 127. The van der Waals surface area contributed by atoms with Gasteiger partial charge in [-0.05, 0) is 44.9 Å². The molecule has 0 bridgehead atoms. The van der Waals surface area contributed by atoms with E-state index in [2.05, 4.69) is 32.4 Å². The van der Waals surface area contributed by atoms with Gasteiger partial charge >= 0.3 is 0 Å². The van der Waals surface area contributed by atoms with Gasteiger partial charge in [-0.15, -0.1) is 35.3 Å². The Kier molecular flexibility index (Phi) is 8.94. The maximum Gasteiger partial charge on any atom is 0.191 e. The summed E-state index contributed by atoms with van der Waals surface area (Å²) in [6.07, 6.45) is 2.96. The molecule has 8 heteroatoms. The van der Waals surface area contributed by atoms with E-state index in [1.807, 2.05) is 13.0 Å². The molecule has 0 radical (unpaired) electrons. The van der Waals surface area contributed by atoms with Gasteiger partial charge < -0.3 is 15.5 Å². The second kappa shape index (κ2) is 10.9. The lowest BCUT2D eigenvalue weighted by Gasteiger charge is -2.34. The van der Waals surface area contributed by atoms with Crippen LogP contribution in [0.2, 0.25) is 0 Å². The maximum atomic E-state index is 13.4. The highest BCUT2D eigenvalue weighted by Gasteiger charge is 2.20. The van der Waals surface area contributed by atoms with E-state index in [9.17, 15) is 4.39 Å². The first-order valence-corrected chi connectivity index (χ1v) is 10.3. The van der Waals surface area contributed by atoms with Crippen LogP contribution >= 0.6 is 35.3 Å². The molecular formula is C20H29FIN5S. The van der Waals surface area contributed by atoms with E-state index in [4.69, 9.17) is 0 Å². The van der Waals surface area contributed by atoms with Crippen molar-refractivity contribution in [1.29, 1.82) is 0 Å². The molecule has 1 aliphatic rings. The monoisotopic (exact) mass is 517 g/mol. The quantitative estimate of drug-likeness (QED) is 0.359. The van der Waals surface area contributed by atoms with Crippen LogP contribution in [-0.4, -0.2) is 43.7 Å². The Morgan fingerprint density at radius 1 is 1.32 bits per heavy atom. The molecule has 3 rings (SSSR count). The Balaban J connectivity index is 0.00000280. The Morgan fingerprint density at radius 2 is 2.07 bits per heavy atom. The summed E-state index contributed by atoms with van der Waals surface area (Å²) in [5.41, 5.74) is 2.10. The van der Waals surface area contributed by atoms with Crippen LogP contribution in [0.15, 0.2) is 29.3 Å². The Labute approximate surface area is 187 Å². The molecule has 0 spiro atoms. The van der Waals surface area contributed by atoms with Crippen LogP contribution < -0.4 is 15.5 Å². The van der Waals surface area contributed by atoms with Crippen LogP contribution in [0.25, 0.3) is 0 Å². The molecule has 154 valence electrons. The zero-order valence-electron chi connectivity index (χ0n) is 16.7. The molecule has 1 saturated heterocycles. The van der Waals surface area contributed by atoms with Gasteiger partial charge in [0, 0.05) is 49.7 Å². The van der Waals surface area contributed by atoms with Crippen molar-refractivity contribution in [3.05, 3.63) is 45.7 Å². The van der Waals surface area contributed by atoms with Crippen LogP contribution in [0.5, 0.6) is 0 Å². The van der Waals surface area contributed by atoms with Gasteiger partial charge in [-0.3, -0.25) is 4.99 Å². The Bertz CT molecular complexity index is 787. The summed E-state index contributed by atoms with van der Waals surface area (Å²) in [4.78, 5) is 12.4. The largest absolute Gasteiger partial charge is 0.371 e. The summed E-state index contributed by atoms with van der Waals surface area (Å²) < 4.78 is 13.4. The fourth-order valence-corrected chi connectivity index (χ4v) is 4.38. The number of aliphatic imine (C=N–C) groups is 1. The van der Waals surface area contributed by atoms with E-state index < -0.39 is 0 Å². The lowest BCUT2D eigenvalue weighted by molar-refractivity contribution is 0.461. The number of anilines is 1. The minimum Gasteiger partial charge on any atom is -0.371 e. The average molecular weight is 517 g/mol. The summed E-state index contributed by atoms with van der Waals surface area (Å²) in [5, 5.41) is 8.05. The van der Waals surface area contributed by atoms with Crippen molar-refractivity contribution in [2.24, 2.45) is 4.99 Å². The molecular weight excluding hydrogens is 488 g/mol. The van der Waals surface area contributed by atoms with E-state index in [1.165, 1.54) is 10.9 Å². The molecule has 0 atom stereocenters. The predicted octanol–water partition coefficient (Wildman–Crippen LogP) is 3.89. The third kappa shape index (κ3) is 6.30. The fraction of sp³-hybridized carbons (Fsp3) is 0.500. The number of aromatic nitrogens is 1. The van der Waals surface area contributed by atoms with Crippen LogP contribution in [0.3, 0.4) is 0 Å². The highest BCUT2D eigenvalue weighted by molar-refractivity contribution is 14.0. The summed E-state index contributed by atoms with van der Waals surface area (Å²) in [6.45, 7) is 6.78. The van der Waals surface area contributed by atoms with Crippen LogP contribution in [0.4, 0.5) is 10.1 Å². The topological polar surface area (TPSA) is 52.6 Å². The van der Waals surface area contributed by atoms with Crippen molar-refractivity contribution in [3.8, 4) is 0 Å². The second-order valence-corrected chi connectivity index (χ2v) is 8.16. The molecule has 1 aromatic carbocycles. The molecule has 1 aliphatic heterocycles. The molecule has 2 N–H and O–H groups in total. The zero-order chi connectivity index (χ0) is 19.2. The van der Waals surface area contributed by atoms with Gasteiger partial charge in [0.25, 0.3) is 0 Å². The number of rotatable bonds is 5. The number of piperidine rings is 1. The summed E-state index contributed by atoms with van der Waals surface area (Å²) >= 11 is 1.76. The normalized spacial score (nSPS) is 15.3. The molecule has 2 aromatic rings. The number of hydrogen-bond donors (Lipinski definition) is 2. The molecule has 1 aromatic heterocycles. The molecule has 0 amide bonds. The van der Waals surface area contributed by atoms with Crippen LogP contribution in [0, 0.1) is 19.7 Å². The molecule has 28 heavy (non-hydrogen) atoms. The second-order valence-electron chi connectivity index (χ2n) is 6.88. The number of nitrogens with one attached hydrogen (secondary N) is 2. The van der Waals surface area contributed by atoms with Crippen molar-refractivity contribution in [2.45, 2.75) is 39.2 Å². The fourth-order valence-electron chi connectivity index (χ4n) is 3.44. The van der Waals surface area contributed by atoms with Crippen molar-refractivity contribution >= 4 is 47.0 Å². The van der Waals surface area contributed by atoms with Crippen LogP contribution in [0.1, 0.15) is 28.4 Å². The van der Waals surface area contributed by atoms with Crippen molar-refractivity contribution in [3.63, 3.8) is 0 Å². The first-order chi connectivity index (χ1) is 13.0. The average Bonchev–Trinajstić information content (AvgIpc) is 2.98. The first-order valence-electron chi connectivity index (χ1n) is 9.45. The number of nitrogens with zero attached hydrogens (tertiary/aromatic N) is 3. The van der Waals surface area contributed by atoms with Crippen molar-refractivity contribution < 1.29 is 4.39 Å². The number of benzene rings is 1. The predicted molar refractivity (Wildman–Crippen MR) is 127 cm³/mol. The Hall–Kier alpha value is -1.42. The molecule has 0 aliphatic carbocycles. The molecule has 5 nitrogen and oxygen atoms in total. The smallest absolute Gasteiger partial charge is 0.191 e. The van der Waals surface area contributed by atoms with E-state index in [0.717, 1.165) is 61.2 Å². The van der Waals surface area contributed by atoms with E-state index in [0.29, 0.717) is 6.04 Å². The molecule has 2 heterocycles. The summed E-state index contributed by atoms with van der Waals surface area (Å²) in [6, 6.07) is 7.22. The number of aryl methyl sites for hydroxylation is 2. The van der Waals surface area contributed by atoms with Gasteiger partial charge in [-0.2, -0.15) is 0 Å². The minimum atomic E-state index is -0.177.